The van der Waals surface area contributed by atoms with E-state index in [1.165, 1.54) is 42.1 Å². The van der Waals surface area contributed by atoms with Crippen LogP contribution in [-0.2, 0) is 0 Å². The third-order valence-electron chi connectivity index (χ3n) is 11.4. The van der Waals surface area contributed by atoms with Gasteiger partial charge in [-0.05, 0) is 88.5 Å². The summed E-state index contributed by atoms with van der Waals surface area (Å²) in [6.07, 6.45) is -0.496. The van der Waals surface area contributed by atoms with Crippen molar-refractivity contribution in [2.75, 3.05) is 0 Å². The summed E-state index contributed by atoms with van der Waals surface area (Å²) in [5.74, 6) is 0.747. The summed E-state index contributed by atoms with van der Waals surface area (Å²) in [6, 6.07) is 64.7. The van der Waals surface area contributed by atoms with Crippen molar-refractivity contribution < 1.29 is 4.42 Å². The topological polar surface area (TPSA) is 56.6 Å². The van der Waals surface area contributed by atoms with Crippen molar-refractivity contribution in [3.8, 4) is 16.8 Å². The van der Waals surface area contributed by atoms with Gasteiger partial charge in [0.15, 0.2) is 0 Å². The summed E-state index contributed by atoms with van der Waals surface area (Å²) in [5, 5.41) is 16.0. The second kappa shape index (κ2) is 12.8. The average Bonchev–Trinajstić information content (AvgIpc) is 3.96. The van der Waals surface area contributed by atoms with Crippen LogP contribution in [0.1, 0.15) is 29.0 Å². The van der Waals surface area contributed by atoms with Gasteiger partial charge in [0.1, 0.15) is 11.2 Å². The molecule has 57 heavy (non-hydrogen) atoms. The zero-order chi connectivity index (χ0) is 37.5. The lowest BCUT2D eigenvalue weighted by Crippen LogP contribution is -2.31. The van der Waals surface area contributed by atoms with E-state index in [0.717, 1.165) is 61.2 Å². The molecule has 8 aromatic carbocycles. The molecular formula is C51H33N4OS-. The maximum absolute atomic E-state index is 6.60. The highest BCUT2D eigenvalue weighted by Crippen LogP contribution is 2.43. The first-order valence-corrected chi connectivity index (χ1v) is 20.1. The van der Waals surface area contributed by atoms with Crippen molar-refractivity contribution in [2.24, 2.45) is 4.99 Å². The van der Waals surface area contributed by atoms with Gasteiger partial charge in [-0.1, -0.05) is 127 Å². The van der Waals surface area contributed by atoms with E-state index in [2.05, 4.69) is 168 Å². The Hall–Kier alpha value is -6.99. The third-order valence-corrected chi connectivity index (χ3v) is 12.6. The molecule has 1 aliphatic heterocycles. The highest BCUT2D eigenvalue weighted by atomic mass is 32.1. The summed E-state index contributed by atoms with van der Waals surface area (Å²) in [6.45, 7) is 0. The first-order valence-electron chi connectivity index (χ1n) is 19.3. The van der Waals surface area contributed by atoms with E-state index < -0.39 is 0 Å². The Morgan fingerprint density at radius 1 is 0.526 bits per heavy atom. The van der Waals surface area contributed by atoms with Gasteiger partial charge in [-0.15, -0.1) is 11.3 Å². The van der Waals surface area contributed by atoms with Crippen LogP contribution in [0.2, 0.25) is 0 Å². The zero-order valence-corrected chi connectivity index (χ0v) is 31.4. The predicted molar refractivity (Wildman–Crippen MR) is 238 cm³/mol. The number of amidine groups is 1. The van der Waals surface area contributed by atoms with Crippen LogP contribution < -0.4 is 5.32 Å². The van der Waals surface area contributed by atoms with Crippen LogP contribution in [0.15, 0.2) is 191 Å². The van der Waals surface area contributed by atoms with E-state index >= 15 is 0 Å². The van der Waals surface area contributed by atoms with Crippen LogP contribution in [0.5, 0.6) is 0 Å². The summed E-state index contributed by atoms with van der Waals surface area (Å²) in [7, 11) is 0. The van der Waals surface area contributed by atoms with Crippen molar-refractivity contribution in [1.29, 1.82) is 0 Å². The van der Waals surface area contributed by atoms with Crippen LogP contribution >= 0.6 is 11.3 Å². The fourth-order valence-corrected chi connectivity index (χ4v) is 9.78. The maximum Gasteiger partial charge on any atom is 0.137 e. The SMILES string of the molecule is c1ccc(C2=NC(c3ccc(-n4c5ccccc5c5ccc6oc7ccc(-c8ccc9sc%10ccccc%10c9c8)cc7c6c54)cc3)NC(c3ccccc3)[N-]2)cc1. The molecule has 270 valence electrons. The lowest BCUT2D eigenvalue weighted by Gasteiger charge is -2.40. The number of hydrogen-bond acceptors (Lipinski definition) is 4. The average molecular weight is 750 g/mol. The normalized spacial score (nSPS) is 15.9. The first kappa shape index (κ1) is 32.3. The number of rotatable bonds is 5. The number of hydrogen-bond donors (Lipinski definition) is 1. The van der Waals surface area contributed by atoms with Crippen LogP contribution in [0, 0.1) is 0 Å². The Morgan fingerprint density at radius 2 is 1.21 bits per heavy atom. The molecule has 5 nitrogen and oxygen atoms in total. The van der Waals surface area contributed by atoms with Gasteiger partial charge < -0.3 is 24.6 Å². The Morgan fingerprint density at radius 3 is 2.05 bits per heavy atom. The van der Waals surface area contributed by atoms with Crippen molar-refractivity contribution in [3.63, 3.8) is 0 Å². The molecule has 12 rings (SSSR count). The molecule has 2 atom stereocenters. The molecule has 2 unspecified atom stereocenters. The van der Waals surface area contributed by atoms with Gasteiger partial charge in [-0.3, -0.25) is 0 Å². The molecule has 3 aromatic heterocycles. The summed E-state index contributed by atoms with van der Waals surface area (Å²) < 4.78 is 11.6. The summed E-state index contributed by atoms with van der Waals surface area (Å²) in [4.78, 5) is 5.14. The van der Waals surface area contributed by atoms with Gasteiger partial charge in [-0.2, -0.15) is 0 Å². The molecule has 0 saturated carbocycles. The van der Waals surface area contributed by atoms with Gasteiger partial charge in [-0.25, -0.2) is 0 Å². The van der Waals surface area contributed by atoms with Crippen LogP contribution in [0.4, 0.5) is 0 Å². The van der Waals surface area contributed by atoms with Crippen LogP contribution in [0.3, 0.4) is 0 Å². The van der Waals surface area contributed by atoms with Crippen molar-refractivity contribution in [3.05, 3.63) is 204 Å². The molecule has 1 N–H and O–H groups in total. The minimum absolute atomic E-state index is 0.222. The van der Waals surface area contributed by atoms with E-state index in [0.29, 0.717) is 0 Å². The second-order valence-electron chi connectivity index (χ2n) is 14.7. The first-order chi connectivity index (χ1) is 28.2. The highest BCUT2D eigenvalue weighted by molar-refractivity contribution is 7.25. The fourth-order valence-electron chi connectivity index (χ4n) is 8.69. The molecule has 11 aromatic rings. The molecule has 0 radical (unpaired) electrons. The number of thiophene rings is 1. The van der Waals surface area contributed by atoms with E-state index in [-0.39, 0.29) is 12.3 Å². The second-order valence-corrected chi connectivity index (χ2v) is 15.8. The zero-order valence-electron chi connectivity index (χ0n) is 30.6. The Bertz CT molecular complexity index is 3360. The van der Waals surface area contributed by atoms with E-state index in [4.69, 9.17) is 14.7 Å². The molecular weight excluding hydrogens is 717 g/mol. The van der Waals surface area contributed by atoms with Crippen LogP contribution in [-0.4, -0.2) is 10.4 Å². The number of nitrogens with one attached hydrogen (secondary N) is 1. The fraction of sp³-hybridized carbons (Fsp3) is 0.0392. The molecule has 4 heterocycles. The smallest absolute Gasteiger partial charge is 0.137 e. The number of furan rings is 1. The summed E-state index contributed by atoms with van der Waals surface area (Å²) >= 11 is 1.85. The lowest BCUT2D eigenvalue weighted by atomic mass is 10.00. The molecule has 0 fully saturated rings. The van der Waals surface area contributed by atoms with E-state index in [1.54, 1.807) is 0 Å². The molecule has 0 spiro atoms. The number of aromatic nitrogens is 1. The third kappa shape index (κ3) is 5.22. The number of benzene rings is 8. The molecule has 0 bridgehead atoms. The van der Waals surface area contributed by atoms with Gasteiger partial charge in [0.05, 0.1) is 16.4 Å². The quantitative estimate of drug-likeness (QED) is 0.190. The minimum atomic E-state index is -0.274. The van der Waals surface area contributed by atoms with Gasteiger partial charge in [0.2, 0.25) is 0 Å². The predicted octanol–water partition coefficient (Wildman–Crippen LogP) is 13.8. The van der Waals surface area contributed by atoms with Crippen LogP contribution in [0.25, 0.3) is 86.0 Å². The van der Waals surface area contributed by atoms with E-state index in [1.807, 2.05) is 35.6 Å². The Kier molecular flexibility index (Phi) is 7.24. The van der Waals surface area contributed by atoms with Gasteiger partial charge in [0.25, 0.3) is 0 Å². The van der Waals surface area contributed by atoms with Gasteiger partial charge in [0, 0.05) is 54.3 Å². The number of para-hydroxylation sites is 1. The number of nitrogens with zero attached hydrogens (tertiary/aromatic N) is 3. The molecule has 6 heteroatoms. The standard InChI is InChI=1S/C51H33N4OS/c1-3-11-31(12-4-1)49-52-50(32-13-5-2-6-14-32)54-51(53-49)33-19-23-36(24-20-33)55-42-17-9-7-15-37(42)39-25-27-44-47(48(39)55)41-30-34(21-26-43(41)56-44)35-22-28-46-40(29-35)38-16-8-10-18-45(38)57-46/h1-30,49,51,53H/q-1. The Labute approximate surface area is 332 Å². The number of aliphatic imine (C=N–C) groups is 1. The molecule has 0 saturated heterocycles. The largest absolute Gasteiger partial charge is 0.456 e. The number of fused-ring (bicyclic) bond motifs is 10. The van der Waals surface area contributed by atoms with E-state index in [9.17, 15) is 0 Å². The van der Waals surface area contributed by atoms with Crippen molar-refractivity contribution >= 4 is 81.1 Å². The molecule has 0 amide bonds. The van der Waals surface area contributed by atoms with Crippen molar-refractivity contribution in [2.45, 2.75) is 12.3 Å². The molecule has 0 aliphatic carbocycles. The monoisotopic (exact) mass is 749 g/mol. The van der Waals surface area contributed by atoms with Crippen molar-refractivity contribution in [1.82, 2.24) is 9.88 Å². The lowest BCUT2D eigenvalue weighted by molar-refractivity contribution is 0.488. The van der Waals surface area contributed by atoms with Gasteiger partial charge >= 0.3 is 0 Å². The maximum atomic E-state index is 6.60. The highest BCUT2D eigenvalue weighted by Gasteiger charge is 2.21. The minimum Gasteiger partial charge on any atom is -0.456 e. The Balaban J connectivity index is 1.00. The summed E-state index contributed by atoms with van der Waals surface area (Å²) in [5.41, 5.74) is 10.7. The molecule has 1 aliphatic rings.